The molecule has 0 aromatic heterocycles. The molecule has 2 saturated heterocycles. The van der Waals surface area contributed by atoms with Gasteiger partial charge in [-0.1, -0.05) is 0 Å². The summed E-state index contributed by atoms with van der Waals surface area (Å²) in [5.74, 6) is -0.704. The molecule has 0 radical (unpaired) electrons. The zero-order chi connectivity index (χ0) is 8.06. The van der Waals surface area contributed by atoms with Gasteiger partial charge >= 0.3 is 5.97 Å². The fourth-order valence-electron chi connectivity index (χ4n) is 2.15. The van der Waals surface area contributed by atoms with Crippen molar-refractivity contribution in [3.63, 3.8) is 0 Å². The van der Waals surface area contributed by atoms with Crippen LogP contribution in [0, 0.1) is 5.41 Å². The summed E-state index contributed by atoms with van der Waals surface area (Å²) in [4.78, 5) is 10.8. The van der Waals surface area contributed by atoms with E-state index < -0.39 is 11.4 Å². The second-order valence-corrected chi connectivity index (χ2v) is 3.75. The largest absolute Gasteiger partial charge is 0.481 e. The number of ether oxygens (including phenoxy) is 1. The third-order valence-corrected chi connectivity index (χ3v) is 2.96. The van der Waals surface area contributed by atoms with Gasteiger partial charge in [-0.2, -0.15) is 0 Å². The summed E-state index contributed by atoms with van der Waals surface area (Å²) in [5.41, 5.74) is -0.594. The fourth-order valence-corrected chi connectivity index (χ4v) is 2.15. The van der Waals surface area contributed by atoms with Crippen LogP contribution >= 0.6 is 0 Å². The molecule has 0 saturated carbocycles. The Balaban J connectivity index is 2.23. The number of hydrogen-bond acceptors (Lipinski definition) is 2. The molecule has 0 unspecified atom stereocenters. The van der Waals surface area contributed by atoms with Crippen molar-refractivity contribution in [3.8, 4) is 0 Å². The zero-order valence-electron chi connectivity index (χ0n) is 6.54. The van der Waals surface area contributed by atoms with Crippen molar-refractivity contribution in [3.05, 3.63) is 0 Å². The van der Waals surface area contributed by atoms with Gasteiger partial charge in [0.2, 0.25) is 0 Å². The highest BCUT2D eigenvalue weighted by molar-refractivity contribution is 5.75. The third kappa shape index (κ3) is 0.805. The van der Waals surface area contributed by atoms with Crippen molar-refractivity contribution in [2.75, 3.05) is 0 Å². The normalized spacial score (nSPS) is 48.1. The van der Waals surface area contributed by atoms with E-state index in [-0.39, 0.29) is 12.2 Å². The lowest BCUT2D eigenvalue weighted by molar-refractivity contribution is -0.150. The van der Waals surface area contributed by atoms with E-state index in [9.17, 15) is 4.79 Å². The van der Waals surface area contributed by atoms with Gasteiger partial charge < -0.3 is 9.84 Å². The van der Waals surface area contributed by atoms with Crippen LogP contribution in [0.15, 0.2) is 0 Å². The van der Waals surface area contributed by atoms with Gasteiger partial charge in [0.25, 0.3) is 0 Å². The van der Waals surface area contributed by atoms with Crippen molar-refractivity contribution in [2.24, 2.45) is 5.41 Å². The predicted octanol–water partition coefficient (Wildman–Crippen LogP) is 1.03. The molecule has 2 bridgehead atoms. The van der Waals surface area contributed by atoms with Gasteiger partial charge in [-0.05, 0) is 26.2 Å². The molecular formula is C8H12O3. The average molecular weight is 156 g/mol. The van der Waals surface area contributed by atoms with E-state index in [0.29, 0.717) is 6.42 Å². The number of rotatable bonds is 1. The molecule has 0 aromatic carbocycles. The standard InChI is InChI=1S/C8H12O3/c1-8(7(9)10)4-5-2-3-6(8)11-5/h5-6H,2-4H2,1H3,(H,9,10)/t5-,6-,8-/m0/s1. The lowest BCUT2D eigenvalue weighted by Crippen LogP contribution is -2.37. The molecule has 62 valence electrons. The molecule has 2 aliphatic heterocycles. The van der Waals surface area contributed by atoms with Crippen LogP contribution in [0.25, 0.3) is 0 Å². The Labute approximate surface area is 65.4 Å². The van der Waals surface area contributed by atoms with Gasteiger partial charge in [-0.3, -0.25) is 4.79 Å². The smallest absolute Gasteiger partial charge is 0.312 e. The first kappa shape index (κ1) is 7.10. The van der Waals surface area contributed by atoms with E-state index in [1.807, 2.05) is 0 Å². The number of carboxylic acid groups (broad SMARTS) is 1. The summed E-state index contributed by atoms with van der Waals surface area (Å²) in [5, 5.41) is 8.91. The Kier molecular flexibility index (Phi) is 1.27. The zero-order valence-corrected chi connectivity index (χ0v) is 6.54. The third-order valence-electron chi connectivity index (χ3n) is 2.96. The van der Waals surface area contributed by atoms with Crippen molar-refractivity contribution in [1.29, 1.82) is 0 Å². The van der Waals surface area contributed by atoms with E-state index in [2.05, 4.69) is 0 Å². The molecule has 2 heterocycles. The number of carbonyl (C=O) groups is 1. The molecule has 3 atom stereocenters. The molecule has 0 aromatic rings. The summed E-state index contributed by atoms with van der Waals surface area (Å²) in [6.45, 7) is 1.79. The molecule has 0 aliphatic carbocycles. The molecule has 0 amide bonds. The van der Waals surface area contributed by atoms with E-state index in [1.165, 1.54) is 0 Å². The van der Waals surface area contributed by atoms with Crippen molar-refractivity contribution in [1.82, 2.24) is 0 Å². The Morgan fingerprint density at radius 1 is 1.64 bits per heavy atom. The molecule has 2 aliphatic rings. The van der Waals surface area contributed by atoms with Crippen LogP contribution in [0.5, 0.6) is 0 Å². The Hall–Kier alpha value is -0.570. The summed E-state index contributed by atoms with van der Waals surface area (Å²) in [6.07, 6.45) is 2.87. The molecule has 2 fully saturated rings. The first-order valence-corrected chi connectivity index (χ1v) is 4.02. The van der Waals surface area contributed by atoms with Crippen molar-refractivity contribution in [2.45, 2.75) is 38.4 Å². The maximum atomic E-state index is 10.8. The number of carboxylic acids is 1. The van der Waals surface area contributed by atoms with Gasteiger partial charge in [0.1, 0.15) is 0 Å². The molecule has 11 heavy (non-hydrogen) atoms. The van der Waals surface area contributed by atoms with Gasteiger partial charge in [0.05, 0.1) is 17.6 Å². The lowest BCUT2D eigenvalue weighted by atomic mass is 9.76. The number of hydrogen-bond donors (Lipinski definition) is 1. The Morgan fingerprint density at radius 2 is 2.36 bits per heavy atom. The maximum Gasteiger partial charge on any atom is 0.312 e. The van der Waals surface area contributed by atoms with Gasteiger partial charge in [0, 0.05) is 0 Å². The molecule has 1 N–H and O–H groups in total. The second-order valence-electron chi connectivity index (χ2n) is 3.75. The fraction of sp³-hybridized carbons (Fsp3) is 0.875. The summed E-state index contributed by atoms with van der Waals surface area (Å²) < 4.78 is 5.47. The van der Waals surface area contributed by atoms with Crippen molar-refractivity contribution < 1.29 is 14.6 Å². The second kappa shape index (κ2) is 1.97. The minimum Gasteiger partial charge on any atom is -0.481 e. The monoisotopic (exact) mass is 156 g/mol. The van der Waals surface area contributed by atoms with E-state index in [1.54, 1.807) is 6.92 Å². The molecule has 3 heteroatoms. The number of aliphatic carboxylic acids is 1. The first-order chi connectivity index (χ1) is 5.13. The minimum atomic E-state index is -0.704. The van der Waals surface area contributed by atoms with Crippen LogP contribution in [-0.4, -0.2) is 23.3 Å². The van der Waals surface area contributed by atoms with E-state index >= 15 is 0 Å². The molecular weight excluding hydrogens is 144 g/mol. The highest BCUT2D eigenvalue weighted by atomic mass is 16.5. The van der Waals surface area contributed by atoms with Crippen LogP contribution in [0.3, 0.4) is 0 Å². The van der Waals surface area contributed by atoms with E-state index in [0.717, 1.165) is 12.8 Å². The van der Waals surface area contributed by atoms with Crippen molar-refractivity contribution >= 4 is 5.97 Å². The SMILES string of the molecule is C[C@]1(C(=O)O)C[C@@H]2CC[C@@H]1O2. The van der Waals surface area contributed by atoms with Gasteiger partial charge in [-0.15, -0.1) is 0 Å². The predicted molar refractivity (Wildman–Crippen MR) is 38.3 cm³/mol. The van der Waals surface area contributed by atoms with Gasteiger partial charge in [-0.25, -0.2) is 0 Å². The van der Waals surface area contributed by atoms with E-state index in [4.69, 9.17) is 9.84 Å². The number of fused-ring (bicyclic) bond motifs is 2. The highest BCUT2D eigenvalue weighted by Gasteiger charge is 2.54. The lowest BCUT2D eigenvalue weighted by Gasteiger charge is -2.25. The minimum absolute atomic E-state index is 0.0231. The Morgan fingerprint density at radius 3 is 2.64 bits per heavy atom. The summed E-state index contributed by atoms with van der Waals surface area (Å²) in [7, 11) is 0. The quantitative estimate of drug-likeness (QED) is 0.616. The topological polar surface area (TPSA) is 46.5 Å². The maximum absolute atomic E-state index is 10.8. The van der Waals surface area contributed by atoms with Crippen LogP contribution < -0.4 is 0 Å². The van der Waals surface area contributed by atoms with Crippen LogP contribution in [0.4, 0.5) is 0 Å². The summed E-state index contributed by atoms with van der Waals surface area (Å²) in [6, 6.07) is 0. The highest BCUT2D eigenvalue weighted by Crippen LogP contribution is 2.47. The first-order valence-electron chi connectivity index (χ1n) is 4.02. The average Bonchev–Trinajstić information content (AvgIpc) is 2.45. The van der Waals surface area contributed by atoms with Gasteiger partial charge in [0.15, 0.2) is 0 Å². The summed E-state index contributed by atoms with van der Waals surface area (Å²) >= 11 is 0. The molecule has 3 nitrogen and oxygen atoms in total. The Bertz CT molecular complexity index is 202. The molecule has 0 spiro atoms. The van der Waals surface area contributed by atoms with Crippen LogP contribution in [0.1, 0.15) is 26.2 Å². The van der Waals surface area contributed by atoms with Crippen LogP contribution in [0.2, 0.25) is 0 Å². The van der Waals surface area contributed by atoms with Crippen LogP contribution in [-0.2, 0) is 9.53 Å². The molecule has 2 rings (SSSR count).